The van der Waals surface area contributed by atoms with E-state index in [-0.39, 0.29) is 16.9 Å². The molecule has 0 heterocycles. The molecular formula is C12H15BrO2. The zero-order chi connectivity index (χ0) is 11.4. The quantitative estimate of drug-likeness (QED) is 0.622. The van der Waals surface area contributed by atoms with Crippen LogP contribution < -0.4 is 0 Å². The van der Waals surface area contributed by atoms with Gasteiger partial charge in [0.1, 0.15) is 4.83 Å². The fraction of sp³-hybridized carbons (Fsp3) is 0.417. The summed E-state index contributed by atoms with van der Waals surface area (Å²) in [6.45, 7) is 5.66. The van der Waals surface area contributed by atoms with Gasteiger partial charge in [-0.15, -0.1) is 0 Å². The second kappa shape index (κ2) is 5.31. The smallest absolute Gasteiger partial charge is 0.324 e. The zero-order valence-electron chi connectivity index (χ0n) is 9.16. The van der Waals surface area contributed by atoms with Crippen LogP contribution in [0.5, 0.6) is 0 Å². The van der Waals surface area contributed by atoms with E-state index >= 15 is 0 Å². The third-order valence-electron chi connectivity index (χ3n) is 2.02. The first kappa shape index (κ1) is 12.2. The van der Waals surface area contributed by atoms with Crippen LogP contribution in [0.15, 0.2) is 24.3 Å². The summed E-state index contributed by atoms with van der Waals surface area (Å²) in [7, 11) is 0. The van der Waals surface area contributed by atoms with Gasteiger partial charge in [0.25, 0.3) is 0 Å². The fourth-order valence-corrected chi connectivity index (χ4v) is 1.91. The van der Waals surface area contributed by atoms with Gasteiger partial charge in [0.15, 0.2) is 0 Å². The van der Waals surface area contributed by atoms with Gasteiger partial charge in [-0.05, 0) is 31.9 Å². The lowest BCUT2D eigenvalue weighted by Crippen LogP contribution is -2.16. The molecule has 0 aromatic heterocycles. The van der Waals surface area contributed by atoms with Crippen molar-refractivity contribution in [2.24, 2.45) is 0 Å². The number of esters is 1. The summed E-state index contributed by atoms with van der Waals surface area (Å²) in [5, 5.41) is 0. The monoisotopic (exact) mass is 270 g/mol. The van der Waals surface area contributed by atoms with Crippen LogP contribution in [0.2, 0.25) is 0 Å². The maximum atomic E-state index is 11.6. The highest BCUT2D eigenvalue weighted by atomic mass is 79.9. The predicted octanol–water partition coefficient (Wildman–Crippen LogP) is 3.38. The van der Waals surface area contributed by atoms with E-state index < -0.39 is 0 Å². The second-order valence-corrected chi connectivity index (χ2v) is 4.62. The van der Waals surface area contributed by atoms with E-state index in [0.29, 0.717) is 0 Å². The van der Waals surface area contributed by atoms with Crippen LogP contribution in [0.1, 0.15) is 29.8 Å². The van der Waals surface area contributed by atoms with Gasteiger partial charge in [0.05, 0.1) is 6.10 Å². The van der Waals surface area contributed by atoms with E-state index in [9.17, 15) is 4.79 Å². The lowest BCUT2D eigenvalue weighted by molar-refractivity contribution is -0.146. The lowest BCUT2D eigenvalue weighted by Gasteiger charge is -2.14. The molecule has 0 N–H and O–H groups in total. The molecule has 1 rings (SSSR count). The summed E-state index contributed by atoms with van der Waals surface area (Å²) in [5.41, 5.74) is 2.04. The van der Waals surface area contributed by atoms with Gasteiger partial charge in [0, 0.05) is 0 Å². The lowest BCUT2D eigenvalue weighted by atomic mass is 10.1. The first-order valence-corrected chi connectivity index (χ1v) is 5.84. The molecule has 1 aromatic rings. The topological polar surface area (TPSA) is 26.3 Å². The van der Waals surface area contributed by atoms with Gasteiger partial charge in [-0.1, -0.05) is 40.2 Å². The summed E-state index contributed by atoms with van der Waals surface area (Å²) in [4.78, 5) is 11.3. The molecule has 1 aromatic carbocycles. The van der Waals surface area contributed by atoms with Crippen molar-refractivity contribution >= 4 is 21.9 Å². The first-order chi connectivity index (χ1) is 7.02. The highest BCUT2D eigenvalue weighted by Crippen LogP contribution is 2.27. The van der Waals surface area contributed by atoms with Crippen LogP contribution in [-0.4, -0.2) is 12.1 Å². The Labute approximate surface area is 98.8 Å². The Morgan fingerprint density at radius 1 is 1.33 bits per heavy atom. The number of benzene rings is 1. The van der Waals surface area contributed by atoms with E-state index in [0.717, 1.165) is 11.1 Å². The minimum atomic E-state index is -0.374. The summed E-state index contributed by atoms with van der Waals surface area (Å²) in [5.74, 6) is -0.237. The predicted molar refractivity (Wildman–Crippen MR) is 64.1 cm³/mol. The number of alkyl halides is 1. The van der Waals surface area contributed by atoms with Crippen LogP contribution in [0.3, 0.4) is 0 Å². The molecule has 0 bridgehead atoms. The fourth-order valence-electron chi connectivity index (χ4n) is 1.29. The molecule has 0 aliphatic carbocycles. The molecule has 1 atom stereocenters. The molecule has 0 aliphatic heterocycles. The van der Waals surface area contributed by atoms with E-state index in [1.165, 1.54) is 0 Å². The number of halogens is 1. The average Bonchev–Trinajstić information content (AvgIpc) is 2.16. The number of rotatable bonds is 3. The van der Waals surface area contributed by atoms with E-state index in [4.69, 9.17) is 4.74 Å². The van der Waals surface area contributed by atoms with Crippen molar-refractivity contribution in [3.63, 3.8) is 0 Å². The van der Waals surface area contributed by atoms with Crippen molar-refractivity contribution in [3.05, 3.63) is 35.4 Å². The van der Waals surface area contributed by atoms with E-state index in [2.05, 4.69) is 15.9 Å². The molecule has 0 amide bonds. The molecule has 0 radical (unpaired) electrons. The van der Waals surface area contributed by atoms with Crippen molar-refractivity contribution in [2.45, 2.75) is 31.7 Å². The maximum absolute atomic E-state index is 11.6. The molecule has 0 saturated heterocycles. The number of carbonyl (C=O) groups is 1. The zero-order valence-corrected chi connectivity index (χ0v) is 10.7. The third-order valence-corrected chi connectivity index (χ3v) is 2.89. The van der Waals surface area contributed by atoms with E-state index in [1.54, 1.807) is 0 Å². The molecule has 3 heteroatoms. The second-order valence-electron chi connectivity index (χ2n) is 3.70. The van der Waals surface area contributed by atoms with Crippen molar-refractivity contribution in [3.8, 4) is 0 Å². The SMILES string of the molecule is Cc1ccccc1[C@@H](Br)C(=O)OC(C)C. The van der Waals surface area contributed by atoms with Crippen molar-refractivity contribution in [2.75, 3.05) is 0 Å². The molecule has 0 saturated carbocycles. The Morgan fingerprint density at radius 2 is 1.93 bits per heavy atom. The standard InChI is InChI=1S/C12H15BrO2/c1-8(2)15-12(14)11(13)10-7-5-4-6-9(10)3/h4-8,11H,1-3H3/t11-/m1/s1. The van der Waals surface area contributed by atoms with Crippen LogP contribution in [0.25, 0.3) is 0 Å². The van der Waals surface area contributed by atoms with Gasteiger partial charge in [-0.3, -0.25) is 4.79 Å². The molecule has 2 nitrogen and oxygen atoms in total. The third kappa shape index (κ3) is 3.34. The first-order valence-electron chi connectivity index (χ1n) is 4.92. The molecule has 82 valence electrons. The molecule has 0 spiro atoms. The number of ether oxygens (including phenoxy) is 1. The average molecular weight is 271 g/mol. The van der Waals surface area contributed by atoms with Gasteiger partial charge in [0.2, 0.25) is 0 Å². The van der Waals surface area contributed by atoms with Gasteiger partial charge < -0.3 is 4.74 Å². The van der Waals surface area contributed by atoms with Crippen molar-refractivity contribution in [1.29, 1.82) is 0 Å². The Morgan fingerprint density at radius 3 is 2.47 bits per heavy atom. The molecule has 0 unspecified atom stereocenters. The summed E-state index contributed by atoms with van der Waals surface area (Å²) in [6.07, 6.45) is -0.0819. The normalized spacial score (nSPS) is 12.6. The summed E-state index contributed by atoms with van der Waals surface area (Å²) < 4.78 is 5.14. The molecule has 15 heavy (non-hydrogen) atoms. The van der Waals surface area contributed by atoms with Gasteiger partial charge in [-0.2, -0.15) is 0 Å². The summed E-state index contributed by atoms with van der Waals surface area (Å²) >= 11 is 3.36. The van der Waals surface area contributed by atoms with Crippen molar-refractivity contribution < 1.29 is 9.53 Å². The van der Waals surface area contributed by atoms with E-state index in [1.807, 2.05) is 45.0 Å². The Balaban J connectivity index is 2.81. The van der Waals surface area contributed by atoms with Crippen LogP contribution in [0.4, 0.5) is 0 Å². The summed E-state index contributed by atoms with van der Waals surface area (Å²) in [6, 6.07) is 7.77. The highest BCUT2D eigenvalue weighted by Gasteiger charge is 2.20. The Bertz CT molecular complexity index is 347. The number of aryl methyl sites for hydroxylation is 1. The Hall–Kier alpha value is -0.830. The number of hydrogen-bond donors (Lipinski definition) is 0. The molecule has 0 aliphatic rings. The van der Waals surface area contributed by atoms with Crippen LogP contribution >= 0.6 is 15.9 Å². The molecule has 0 fully saturated rings. The largest absolute Gasteiger partial charge is 0.462 e. The van der Waals surface area contributed by atoms with Gasteiger partial charge in [-0.25, -0.2) is 0 Å². The number of hydrogen-bond acceptors (Lipinski definition) is 2. The Kier molecular flexibility index (Phi) is 4.33. The minimum absolute atomic E-state index is 0.0819. The molecular weight excluding hydrogens is 256 g/mol. The number of carbonyl (C=O) groups excluding carboxylic acids is 1. The maximum Gasteiger partial charge on any atom is 0.324 e. The minimum Gasteiger partial charge on any atom is -0.462 e. The van der Waals surface area contributed by atoms with Gasteiger partial charge >= 0.3 is 5.97 Å². The van der Waals surface area contributed by atoms with Crippen LogP contribution in [-0.2, 0) is 9.53 Å². The highest BCUT2D eigenvalue weighted by molar-refractivity contribution is 9.09. The van der Waals surface area contributed by atoms with Crippen molar-refractivity contribution in [1.82, 2.24) is 0 Å². The van der Waals surface area contributed by atoms with Crippen LogP contribution in [0, 0.1) is 6.92 Å².